The Labute approximate surface area is 93.4 Å². The normalized spacial score (nSPS) is 14.6. The number of rotatable bonds is 5. The van der Waals surface area contributed by atoms with Crippen molar-refractivity contribution in [3.63, 3.8) is 0 Å². The highest BCUT2D eigenvalue weighted by atomic mass is 35.8. The van der Waals surface area contributed by atoms with Gasteiger partial charge in [-0.25, -0.2) is 0 Å². The Morgan fingerprint density at radius 3 is 1.86 bits per heavy atom. The number of alkyl halides is 4. The molecule has 0 aromatic rings. The van der Waals surface area contributed by atoms with Crippen LogP contribution >= 0.6 is 33.2 Å². The highest BCUT2D eigenvalue weighted by Crippen LogP contribution is 2.47. The van der Waals surface area contributed by atoms with Crippen molar-refractivity contribution < 1.29 is 22.3 Å². The lowest BCUT2D eigenvalue weighted by atomic mass is 10.4. The molecule has 0 amide bonds. The Balaban J connectivity index is 4.69. The van der Waals surface area contributed by atoms with Crippen molar-refractivity contribution in [3.8, 4) is 0 Å². The zero-order chi connectivity index (χ0) is 11.6. The standard InChI is InChI=1S/C5H7Cl3F4OSi/c1-2-13-3-4(9,10)5(11,12)14(6,7)8/h2-3H2,1H3. The molecule has 0 heterocycles. The van der Waals surface area contributed by atoms with Crippen LogP contribution < -0.4 is 0 Å². The Bertz CT molecular complexity index is 196. The monoisotopic (exact) mass is 292 g/mol. The largest absolute Gasteiger partial charge is 0.424 e. The molecule has 0 N–H and O–H groups in total. The van der Waals surface area contributed by atoms with Gasteiger partial charge in [0.15, 0.2) is 0 Å². The van der Waals surface area contributed by atoms with Crippen LogP contribution in [0, 0.1) is 0 Å². The molecular weight excluding hydrogens is 286 g/mol. The minimum absolute atomic E-state index is 0.118. The highest BCUT2D eigenvalue weighted by Gasteiger charge is 2.70. The van der Waals surface area contributed by atoms with Gasteiger partial charge in [-0.1, -0.05) is 0 Å². The van der Waals surface area contributed by atoms with E-state index in [0.29, 0.717) is 0 Å². The van der Waals surface area contributed by atoms with Crippen molar-refractivity contribution in [2.24, 2.45) is 0 Å². The first-order chi connectivity index (χ1) is 6.06. The average Bonchev–Trinajstić information content (AvgIpc) is 1.98. The van der Waals surface area contributed by atoms with E-state index in [1.165, 1.54) is 6.92 Å². The molecule has 0 aliphatic rings. The second-order valence-corrected chi connectivity index (χ2v) is 10.9. The van der Waals surface area contributed by atoms with E-state index in [9.17, 15) is 17.6 Å². The molecule has 0 atom stereocenters. The molecule has 0 spiro atoms. The minimum Gasteiger partial charge on any atom is -0.375 e. The Hall–Kier alpha value is 0.767. The Morgan fingerprint density at radius 2 is 1.57 bits per heavy atom. The number of ether oxygens (including phenoxy) is 1. The molecule has 0 aromatic carbocycles. The third kappa shape index (κ3) is 3.13. The van der Waals surface area contributed by atoms with Gasteiger partial charge in [-0.3, -0.25) is 0 Å². The number of hydrogen-bond acceptors (Lipinski definition) is 1. The summed E-state index contributed by atoms with van der Waals surface area (Å²) in [6.07, 6.45) is 0. The fraction of sp³-hybridized carbons (Fsp3) is 1.00. The van der Waals surface area contributed by atoms with Crippen LogP contribution in [-0.4, -0.2) is 30.7 Å². The summed E-state index contributed by atoms with van der Waals surface area (Å²) in [5.41, 5.74) is -4.64. The minimum atomic E-state index is -4.82. The summed E-state index contributed by atoms with van der Waals surface area (Å²) in [6, 6.07) is -4.82. The van der Waals surface area contributed by atoms with E-state index in [1.54, 1.807) is 0 Å². The first-order valence-corrected chi connectivity index (χ1v) is 8.50. The van der Waals surface area contributed by atoms with Gasteiger partial charge in [0, 0.05) is 6.61 Å². The number of halogens is 7. The van der Waals surface area contributed by atoms with Crippen LogP contribution in [0.2, 0.25) is 0 Å². The fourth-order valence-corrected chi connectivity index (χ4v) is 2.26. The maximum absolute atomic E-state index is 12.9. The lowest BCUT2D eigenvalue weighted by Gasteiger charge is -2.29. The van der Waals surface area contributed by atoms with Gasteiger partial charge < -0.3 is 4.74 Å². The molecule has 0 unspecified atom stereocenters. The van der Waals surface area contributed by atoms with Crippen molar-refractivity contribution in [2.75, 3.05) is 13.2 Å². The van der Waals surface area contributed by atoms with E-state index in [2.05, 4.69) is 4.74 Å². The van der Waals surface area contributed by atoms with Crippen LogP contribution in [0.25, 0.3) is 0 Å². The van der Waals surface area contributed by atoms with Gasteiger partial charge >= 0.3 is 17.5 Å². The summed E-state index contributed by atoms with van der Waals surface area (Å²) < 4.78 is 55.5. The molecule has 86 valence electrons. The first-order valence-electron chi connectivity index (χ1n) is 3.46. The fourth-order valence-electron chi connectivity index (χ4n) is 0.528. The lowest BCUT2D eigenvalue weighted by molar-refractivity contribution is -0.190. The molecule has 0 aromatic heterocycles. The summed E-state index contributed by atoms with van der Waals surface area (Å²) >= 11 is 14.6. The van der Waals surface area contributed by atoms with Gasteiger partial charge in [-0.2, -0.15) is 17.6 Å². The second kappa shape index (κ2) is 4.74. The predicted molar refractivity (Wildman–Crippen MR) is 49.7 cm³/mol. The van der Waals surface area contributed by atoms with Crippen molar-refractivity contribution in [2.45, 2.75) is 18.4 Å². The Morgan fingerprint density at radius 1 is 1.14 bits per heavy atom. The van der Waals surface area contributed by atoms with E-state index in [0.717, 1.165) is 0 Å². The molecule has 0 aliphatic carbocycles. The molecular formula is C5H7Cl3F4OSi. The first kappa shape index (κ1) is 14.8. The summed E-state index contributed by atoms with van der Waals surface area (Å²) in [7, 11) is 0. The van der Waals surface area contributed by atoms with Crippen molar-refractivity contribution in [3.05, 3.63) is 0 Å². The van der Waals surface area contributed by atoms with Crippen LogP contribution in [0.5, 0.6) is 0 Å². The molecule has 0 aliphatic heterocycles. The van der Waals surface area contributed by atoms with Crippen LogP contribution in [0.3, 0.4) is 0 Å². The summed E-state index contributed by atoms with van der Waals surface area (Å²) in [6.45, 7) is -0.189. The smallest absolute Gasteiger partial charge is 0.375 e. The maximum Gasteiger partial charge on any atom is 0.424 e. The summed E-state index contributed by atoms with van der Waals surface area (Å²) in [5, 5.41) is 0. The van der Waals surface area contributed by atoms with Gasteiger partial charge in [0.1, 0.15) is 6.61 Å². The lowest BCUT2D eigenvalue weighted by Crippen LogP contribution is -2.55. The van der Waals surface area contributed by atoms with Gasteiger partial charge in [-0.05, 0) is 6.92 Å². The third-order valence-electron chi connectivity index (χ3n) is 1.30. The van der Waals surface area contributed by atoms with Gasteiger partial charge in [0.2, 0.25) is 0 Å². The summed E-state index contributed by atoms with van der Waals surface area (Å²) in [5.74, 6) is -4.46. The van der Waals surface area contributed by atoms with E-state index >= 15 is 0 Å². The van der Waals surface area contributed by atoms with Crippen LogP contribution in [0.15, 0.2) is 0 Å². The molecule has 0 saturated heterocycles. The molecule has 0 bridgehead atoms. The van der Waals surface area contributed by atoms with Crippen molar-refractivity contribution >= 4 is 39.2 Å². The topological polar surface area (TPSA) is 9.23 Å². The molecule has 1 nitrogen and oxygen atoms in total. The highest BCUT2D eigenvalue weighted by molar-refractivity contribution is 7.65. The zero-order valence-electron chi connectivity index (χ0n) is 6.97. The average molecular weight is 294 g/mol. The van der Waals surface area contributed by atoms with Crippen molar-refractivity contribution in [1.29, 1.82) is 0 Å². The van der Waals surface area contributed by atoms with Crippen LogP contribution in [0.4, 0.5) is 17.6 Å². The van der Waals surface area contributed by atoms with E-state index in [-0.39, 0.29) is 6.61 Å². The van der Waals surface area contributed by atoms with Crippen LogP contribution in [0.1, 0.15) is 6.92 Å². The molecule has 0 rings (SSSR count). The SMILES string of the molecule is CCOCC(F)(F)C(F)(F)[Si](Cl)(Cl)Cl. The second-order valence-electron chi connectivity index (χ2n) is 2.41. The Kier molecular flexibility index (Phi) is 5.00. The quantitative estimate of drug-likeness (QED) is 0.428. The van der Waals surface area contributed by atoms with Crippen LogP contribution in [-0.2, 0) is 4.74 Å². The van der Waals surface area contributed by atoms with Crippen molar-refractivity contribution in [1.82, 2.24) is 0 Å². The third-order valence-corrected chi connectivity index (χ3v) is 4.52. The summed E-state index contributed by atoms with van der Waals surface area (Å²) in [4.78, 5) is 0. The molecule has 0 radical (unpaired) electrons. The van der Waals surface area contributed by atoms with E-state index in [4.69, 9.17) is 33.2 Å². The van der Waals surface area contributed by atoms with Gasteiger partial charge in [0.05, 0.1) is 0 Å². The predicted octanol–water partition coefficient (Wildman–Crippen LogP) is 3.49. The van der Waals surface area contributed by atoms with Gasteiger partial charge in [-0.15, -0.1) is 33.2 Å². The van der Waals surface area contributed by atoms with E-state index in [1.807, 2.05) is 0 Å². The molecule has 14 heavy (non-hydrogen) atoms. The number of hydrogen-bond donors (Lipinski definition) is 0. The maximum atomic E-state index is 12.9. The molecule has 0 fully saturated rings. The molecule has 9 heteroatoms. The van der Waals surface area contributed by atoms with Gasteiger partial charge in [0.25, 0.3) is 0 Å². The molecule has 0 saturated carbocycles. The van der Waals surface area contributed by atoms with E-state index < -0.39 is 24.1 Å². The zero-order valence-corrected chi connectivity index (χ0v) is 10.2.